The highest BCUT2D eigenvalue weighted by atomic mass is 79.9. The van der Waals surface area contributed by atoms with E-state index in [1.54, 1.807) is 4.52 Å². The molecule has 2 aromatic heterocycles. The molecule has 0 N–H and O–H groups in total. The number of halogens is 1. The molecule has 0 amide bonds. The van der Waals surface area contributed by atoms with E-state index in [4.69, 9.17) is 0 Å². The quantitative estimate of drug-likeness (QED) is 0.668. The van der Waals surface area contributed by atoms with Crippen LogP contribution in [0.15, 0.2) is 28.7 Å². The van der Waals surface area contributed by atoms with E-state index in [0.717, 1.165) is 21.3 Å². The number of fused-ring (bicyclic) bond motifs is 1. The van der Waals surface area contributed by atoms with Crippen molar-refractivity contribution in [3.05, 3.63) is 45.8 Å². The molecule has 0 atom stereocenters. The van der Waals surface area contributed by atoms with Crippen molar-refractivity contribution in [1.29, 1.82) is 0 Å². The van der Waals surface area contributed by atoms with Crippen LogP contribution in [0.25, 0.3) is 16.8 Å². The minimum atomic E-state index is -0.111. The normalized spacial score (nSPS) is 11.0. The first kappa shape index (κ1) is 13.9. The van der Waals surface area contributed by atoms with Gasteiger partial charge in [-0.25, -0.2) is 4.52 Å². The van der Waals surface area contributed by atoms with Crippen molar-refractivity contribution in [2.45, 2.75) is 20.8 Å². The van der Waals surface area contributed by atoms with E-state index in [1.807, 2.05) is 38.1 Å². The Labute approximate surface area is 130 Å². The second kappa shape index (κ2) is 5.04. The lowest BCUT2D eigenvalue weighted by Crippen LogP contribution is -2.09. The lowest BCUT2D eigenvalue weighted by Gasteiger charge is -2.03. The predicted octanol–water partition coefficient (Wildman–Crippen LogP) is 3.37. The van der Waals surface area contributed by atoms with Crippen LogP contribution < -0.4 is 0 Å². The van der Waals surface area contributed by atoms with Crippen LogP contribution in [0.5, 0.6) is 0 Å². The second-order valence-electron chi connectivity index (χ2n) is 4.89. The van der Waals surface area contributed by atoms with Gasteiger partial charge in [-0.3, -0.25) is 4.79 Å². The zero-order valence-corrected chi connectivity index (χ0v) is 13.5. The third-order valence-corrected chi connectivity index (χ3v) is 3.94. The number of aryl methyl sites for hydroxylation is 2. The molecule has 1 aromatic carbocycles. The van der Waals surface area contributed by atoms with Gasteiger partial charge in [-0.1, -0.05) is 28.1 Å². The third kappa shape index (κ3) is 2.25. The maximum Gasteiger partial charge on any atom is 0.185 e. The number of nitrogens with zero attached hydrogens (tertiary/aromatic N) is 4. The fourth-order valence-corrected chi connectivity index (χ4v) is 2.66. The van der Waals surface area contributed by atoms with Crippen molar-refractivity contribution in [3.8, 4) is 11.1 Å². The van der Waals surface area contributed by atoms with Gasteiger partial charge in [0.15, 0.2) is 11.4 Å². The average Bonchev–Trinajstić information content (AvgIpc) is 2.77. The predicted molar refractivity (Wildman–Crippen MR) is 83.4 cm³/mol. The number of carbonyl (C=O) groups excluding carboxylic acids is 1. The van der Waals surface area contributed by atoms with Gasteiger partial charge < -0.3 is 0 Å². The van der Waals surface area contributed by atoms with Crippen LogP contribution in [0.3, 0.4) is 0 Å². The topological polar surface area (TPSA) is 60.2 Å². The molecular weight excluding hydrogens is 332 g/mol. The summed E-state index contributed by atoms with van der Waals surface area (Å²) in [4.78, 5) is 11.6. The standard InChI is InChI=1S/C15H13BrN4O/c1-8-13(11-4-6-12(16)7-5-11)15-18-17-14(10(3)21)9(2)20(15)19-8/h4-7H,1-3H3. The minimum absolute atomic E-state index is 0.111. The number of aromatic nitrogens is 4. The summed E-state index contributed by atoms with van der Waals surface area (Å²) in [5, 5.41) is 12.8. The van der Waals surface area contributed by atoms with Gasteiger partial charge in [0.05, 0.1) is 17.0 Å². The average molecular weight is 345 g/mol. The number of hydrogen-bond donors (Lipinski definition) is 0. The lowest BCUT2D eigenvalue weighted by atomic mass is 10.1. The van der Waals surface area contributed by atoms with Gasteiger partial charge in [0, 0.05) is 11.4 Å². The number of carbonyl (C=O) groups is 1. The van der Waals surface area contributed by atoms with Gasteiger partial charge in [-0.05, 0) is 31.5 Å². The summed E-state index contributed by atoms with van der Waals surface area (Å²) < 4.78 is 2.71. The fourth-order valence-electron chi connectivity index (χ4n) is 2.39. The lowest BCUT2D eigenvalue weighted by molar-refractivity contribution is 0.101. The SMILES string of the molecule is CC(=O)c1nnc2c(-c3ccc(Br)cc3)c(C)nn2c1C. The van der Waals surface area contributed by atoms with E-state index in [-0.39, 0.29) is 5.78 Å². The molecule has 0 aliphatic rings. The van der Waals surface area contributed by atoms with Gasteiger partial charge in [0.1, 0.15) is 5.69 Å². The summed E-state index contributed by atoms with van der Waals surface area (Å²) in [6.07, 6.45) is 0. The zero-order chi connectivity index (χ0) is 15.1. The van der Waals surface area contributed by atoms with Crippen molar-refractivity contribution < 1.29 is 4.79 Å². The Kier molecular flexibility index (Phi) is 3.33. The van der Waals surface area contributed by atoms with Crippen molar-refractivity contribution >= 4 is 27.4 Å². The molecule has 0 saturated heterocycles. The van der Waals surface area contributed by atoms with Crippen molar-refractivity contribution in [3.63, 3.8) is 0 Å². The first-order valence-corrected chi connectivity index (χ1v) is 7.28. The monoisotopic (exact) mass is 344 g/mol. The van der Waals surface area contributed by atoms with Crippen molar-refractivity contribution in [2.24, 2.45) is 0 Å². The smallest absolute Gasteiger partial charge is 0.185 e. The van der Waals surface area contributed by atoms with E-state index in [2.05, 4.69) is 31.2 Å². The van der Waals surface area contributed by atoms with Crippen LogP contribution in [0.2, 0.25) is 0 Å². The Hall–Kier alpha value is -2.08. The summed E-state index contributed by atoms with van der Waals surface area (Å²) in [6, 6.07) is 7.96. The molecule has 3 aromatic rings. The number of ketones is 1. The maximum absolute atomic E-state index is 11.6. The maximum atomic E-state index is 11.6. The molecule has 2 heterocycles. The number of rotatable bonds is 2. The summed E-state index contributed by atoms with van der Waals surface area (Å²) >= 11 is 3.43. The molecular formula is C15H13BrN4O. The Bertz CT molecular complexity index is 852. The molecule has 0 unspecified atom stereocenters. The molecule has 0 saturated carbocycles. The summed E-state index contributed by atoms with van der Waals surface area (Å²) in [6.45, 7) is 5.24. The number of hydrogen-bond acceptors (Lipinski definition) is 4. The summed E-state index contributed by atoms with van der Waals surface area (Å²) in [7, 11) is 0. The molecule has 0 aliphatic heterocycles. The van der Waals surface area contributed by atoms with Gasteiger partial charge in [0.2, 0.25) is 0 Å². The van der Waals surface area contributed by atoms with E-state index in [9.17, 15) is 4.79 Å². The molecule has 5 nitrogen and oxygen atoms in total. The van der Waals surface area contributed by atoms with Crippen LogP contribution in [0, 0.1) is 13.8 Å². The molecule has 21 heavy (non-hydrogen) atoms. The molecule has 6 heteroatoms. The highest BCUT2D eigenvalue weighted by Crippen LogP contribution is 2.28. The highest BCUT2D eigenvalue weighted by Gasteiger charge is 2.18. The highest BCUT2D eigenvalue weighted by molar-refractivity contribution is 9.10. The van der Waals surface area contributed by atoms with E-state index >= 15 is 0 Å². The molecule has 3 rings (SSSR count). The van der Waals surface area contributed by atoms with E-state index in [0.29, 0.717) is 17.0 Å². The minimum Gasteiger partial charge on any atom is -0.293 e. The molecule has 0 fully saturated rings. The van der Waals surface area contributed by atoms with Gasteiger partial charge in [-0.15, -0.1) is 10.2 Å². The zero-order valence-electron chi connectivity index (χ0n) is 11.9. The first-order chi connectivity index (χ1) is 9.99. The summed E-state index contributed by atoms with van der Waals surface area (Å²) in [5.74, 6) is -0.111. The van der Waals surface area contributed by atoms with Crippen LogP contribution in [0.4, 0.5) is 0 Å². The van der Waals surface area contributed by atoms with Crippen LogP contribution in [0.1, 0.15) is 28.8 Å². The molecule has 0 bridgehead atoms. The molecule has 0 aliphatic carbocycles. The van der Waals surface area contributed by atoms with Crippen LogP contribution in [-0.2, 0) is 0 Å². The largest absolute Gasteiger partial charge is 0.293 e. The van der Waals surface area contributed by atoms with Gasteiger partial charge in [0.25, 0.3) is 0 Å². The summed E-state index contributed by atoms with van der Waals surface area (Å²) in [5.41, 5.74) is 4.54. The van der Waals surface area contributed by atoms with E-state index in [1.165, 1.54) is 6.92 Å². The second-order valence-corrected chi connectivity index (χ2v) is 5.81. The number of Topliss-reactive ketones (excluding diaryl/α,β-unsaturated/α-hetero) is 1. The van der Waals surface area contributed by atoms with Crippen LogP contribution in [-0.4, -0.2) is 25.6 Å². The third-order valence-electron chi connectivity index (χ3n) is 3.41. The van der Waals surface area contributed by atoms with E-state index < -0.39 is 0 Å². The molecule has 0 radical (unpaired) electrons. The fraction of sp³-hybridized carbons (Fsp3) is 0.200. The first-order valence-electron chi connectivity index (χ1n) is 6.48. The Morgan fingerprint density at radius 3 is 2.43 bits per heavy atom. The van der Waals surface area contributed by atoms with Crippen molar-refractivity contribution in [2.75, 3.05) is 0 Å². The van der Waals surface area contributed by atoms with Gasteiger partial charge in [-0.2, -0.15) is 5.10 Å². The molecule has 106 valence electrons. The van der Waals surface area contributed by atoms with Gasteiger partial charge >= 0.3 is 0 Å². The number of benzene rings is 1. The Morgan fingerprint density at radius 1 is 1.14 bits per heavy atom. The Morgan fingerprint density at radius 2 is 1.81 bits per heavy atom. The van der Waals surface area contributed by atoms with Crippen LogP contribution >= 0.6 is 15.9 Å². The van der Waals surface area contributed by atoms with Crippen molar-refractivity contribution in [1.82, 2.24) is 19.8 Å². The molecule has 0 spiro atoms. The Balaban J connectivity index is 2.30.